The number of aryl methyl sites for hydroxylation is 1. The molecule has 1 aliphatic carbocycles. The first kappa shape index (κ1) is 8.59. The molecular formula is C8H7ClO4. The van der Waals surface area contributed by atoms with Crippen LogP contribution in [0.5, 0.6) is 0 Å². The van der Waals surface area contributed by atoms with Crippen molar-refractivity contribution in [2.75, 3.05) is 0 Å². The first-order valence-corrected chi connectivity index (χ1v) is 4.16. The average molecular weight is 203 g/mol. The van der Waals surface area contributed by atoms with Crippen LogP contribution in [-0.2, 0) is 16.8 Å². The normalized spacial score (nSPS) is 26.0. The number of hydrogen-bond acceptors (Lipinski definition) is 3. The maximum Gasteiger partial charge on any atom is 0.343 e. The third-order valence-electron chi connectivity index (χ3n) is 2.26. The molecule has 4 nitrogen and oxygen atoms in total. The van der Waals surface area contributed by atoms with Crippen molar-refractivity contribution in [2.24, 2.45) is 0 Å². The van der Waals surface area contributed by atoms with Gasteiger partial charge in [-0.3, -0.25) is 0 Å². The molecule has 0 aliphatic heterocycles. The molecule has 0 spiro atoms. The highest BCUT2D eigenvalue weighted by Gasteiger charge is 2.47. The Hall–Kier alpha value is -1.00. The van der Waals surface area contributed by atoms with Crippen LogP contribution >= 0.6 is 11.6 Å². The smallest absolute Gasteiger partial charge is 0.343 e. The van der Waals surface area contributed by atoms with Crippen molar-refractivity contribution >= 4 is 17.6 Å². The van der Waals surface area contributed by atoms with Crippen LogP contribution in [0.4, 0.5) is 0 Å². The number of halogens is 1. The Balaban J connectivity index is 2.53. The molecule has 1 heterocycles. The van der Waals surface area contributed by atoms with Crippen molar-refractivity contribution < 1.29 is 19.4 Å². The van der Waals surface area contributed by atoms with Crippen LogP contribution in [0.25, 0.3) is 0 Å². The molecule has 1 aromatic heterocycles. The second-order valence-corrected chi connectivity index (χ2v) is 3.44. The molecule has 0 saturated carbocycles. The molecule has 1 aliphatic rings. The molecule has 2 N–H and O–H groups in total. The van der Waals surface area contributed by atoms with Crippen molar-refractivity contribution in [1.82, 2.24) is 0 Å². The van der Waals surface area contributed by atoms with Gasteiger partial charge in [0.05, 0.1) is 0 Å². The van der Waals surface area contributed by atoms with Crippen LogP contribution < -0.4 is 0 Å². The van der Waals surface area contributed by atoms with Gasteiger partial charge in [-0.15, -0.1) is 0 Å². The Kier molecular flexibility index (Phi) is 1.65. The largest absolute Gasteiger partial charge is 0.479 e. The number of aliphatic hydroxyl groups is 1. The number of furan rings is 1. The molecular weight excluding hydrogens is 196 g/mol. The Labute approximate surface area is 78.7 Å². The lowest BCUT2D eigenvalue weighted by Crippen LogP contribution is -2.32. The fourth-order valence-electron chi connectivity index (χ4n) is 1.56. The van der Waals surface area contributed by atoms with Crippen LogP contribution in [0.2, 0.25) is 5.22 Å². The van der Waals surface area contributed by atoms with E-state index in [1.54, 1.807) is 0 Å². The molecule has 1 unspecified atom stereocenters. The van der Waals surface area contributed by atoms with E-state index in [1.165, 1.54) is 6.07 Å². The van der Waals surface area contributed by atoms with Gasteiger partial charge in [0, 0.05) is 0 Å². The average Bonchev–Trinajstić information content (AvgIpc) is 2.53. The number of aliphatic carboxylic acids is 1. The SMILES string of the molecule is O=C(O)C1(O)CCc2cc(Cl)oc21. The summed E-state index contributed by atoms with van der Waals surface area (Å²) in [5.74, 6) is -1.22. The fourth-order valence-corrected chi connectivity index (χ4v) is 1.77. The van der Waals surface area contributed by atoms with E-state index < -0.39 is 11.6 Å². The second-order valence-electron chi connectivity index (χ2n) is 3.07. The molecule has 0 saturated heterocycles. The van der Waals surface area contributed by atoms with Gasteiger partial charge in [0.25, 0.3) is 0 Å². The van der Waals surface area contributed by atoms with Gasteiger partial charge in [-0.2, -0.15) is 0 Å². The molecule has 0 fully saturated rings. The zero-order chi connectivity index (χ0) is 9.64. The van der Waals surface area contributed by atoms with Crippen LogP contribution in [-0.4, -0.2) is 16.2 Å². The Morgan fingerprint density at radius 1 is 1.69 bits per heavy atom. The highest BCUT2D eigenvalue weighted by atomic mass is 35.5. The zero-order valence-corrected chi connectivity index (χ0v) is 7.34. The number of fused-ring (bicyclic) bond motifs is 1. The Bertz CT molecular complexity index is 370. The molecule has 0 bridgehead atoms. The topological polar surface area (TPSA) is 70.7 Å². The predicted octanol–water partition coefficient (Wildman–Crippen LogP) is 1.15. The number of carbonyl (C=O) groups is 1. The molecule has 2 rings (SSSR count). The summed E-state index contributed by atoms with van der Waals surface area (Å²) >= 11 is 5.54. The summed E-state index contributed by atoms with van der Waals surface area (Å²) in [5, 5.41) is 18.6. The van der Waals surface area contributed by atoms with Crippen molar-refractivity contribution in [3.05, 3.63) is 22.6 Å². The summed E-state index contributed by atoms with van der Waals surface area (Å²) < 4.78 is 4.94. The molecule has 1 aromatic rings. The van der Waals surface area contributed by atoms with E-state index in [1.807, 2.05) is 0 Å². The lowest BCUT2D eigenvalue weighted by Gasteiger charge is -2.14. The molecule has 0 amide bonds. The molecule has 5 heteroatoms. The summed E-state index contributed by atoms with van der Waals surface area (Å²) in [5.41, 5.74) is -1.21. The third kappa shape index (κ3) is 1.06. The Morgan fingerprint density at radius 3 is 3.00 bits per heavy atom. The second kappa shape index (κ2) is 2.49. The third-order valence-corrected chi connectivity index (χ3v) is 2.45. The highest BCUT2D eigenvalue weighted by Crippen LogP contribution is 2.40. The first-order valence-electron chi connectivity index (χ1n) is 3.78. The quantitative estimate of drug-likeness (QED) is 0.717. The fraction of sp³-hybridized carbons (Fsp3) is 0.375. The monoisotopic (exact) mass is 202 g/mol. The summed E-state index contributed by atoms with van der Waals surface area (Å²) in [7, 11) is 0. The van der Waals surface area contributed by atoms with Crippen LogP contribution in [0.15, 0.2) is 10.5 Å². The van der Waals surface area contributed by atoms with Crippen LogP contribution in [0, 0.1) is 0 Å². The number of carboxylic acid groups (broad SMARTS) is 1. The predicted molar refractivity (Wildman–Crippen MR) is 43.6 cm³/mol. The highest BCUT2D eigenvalue weighted by molar-refractivity contribution is 6.29. The number of rotatable bonds is 1. The molecule has 1 atom stereocenters. The van der Waals surface area contributed by atoms with Gasteiger partial charge in [-0.05, 0) is 36.1 Å². The van der Waals surface area contributed by atoms with E-state index in [-0.39, 0.29) is 17.4 Å². The summed E-state index contributed by atoms with van der Waals surface area (Å²) in [6, 6.07) is 1.54. The molecule has 70 valence electrons. The van der Waals surface area contributed by atoms with Gasteiger partial charge in [0.1, 0.15) is 0 Å². The lowest BCUT2D eigenvalue weighted by atomic mass is 10.0. The van der Waals surface area contributed by atoms with Gasteiger partial charge < -0.3 is 14.6 Å². The number of hydrogen-bond donors (Lipinski definition) is 2. The van der Waals surface area contributed by atoms with Gasteiger partial charge in [-0.1, -0.05) is 0 Å². The number of carboxylic acids is 1. The van der Waals surface area contributed by atoms with Crippen molar-refractivity contribution in [3.8, 4) is 0 Å². The minimum atomic E-state index is -1.89. The Morgan fingerprint density at radius 2 is 2.38 bits per heavy atom. The zero-order valence-electron chi connectivity index (χ0n) is 6.58. The van der Waals surface area contributed by atoms with Crippen molar-refractivity contribution in [1.29, 1.82) is 0 Å². The maximum atomic E-state index is 10.7. The van der Waals surface area contributed by atoms with Crippen molar-refractivity contribution in [3.63, 3.8) is 0 Å². The van der Waals surface area contributed by atoms with E-state index >= 15 is 0 Å². The van der Waals surface area contributed by atoms with Gasteiger partial charge in [0.15, 0.2) is 11.0 Å². The lowest BCUT2D eigenvalue weighted by molar-refractivity contribution is -0.161. The summed E-state index contributed by atoms with van der Waals surface area (Å²) in [6.07, 6.45) is 0.627. The maximum absolute atomic E-state index is 10.7. The summed E-state index contributed by atoms with van der Waals surface area (Å²) in [6.45, 7) is 0. The standard InChI is InChI=1S/C8H7ClO4/c9-5-3-4-1-2-8(12,7(10)11)6(4)13-5/h3,12H,1-2H2,(H,10,11). The van der Waals surface area contributed by atoms with Gasteiger partial charge in [0.2, 0.25) is 5.60 Å². The van der Waals surface area contributed by atoms with E-state index in [9.17, 15) is 9.90 Å². The van der Waals surface area contributed by atoms with E-state index in [4.69, 9.17) is 21.1 Å². The molecule has 0 radical (unpaired) electrons. The molecule has 13 heavy (non-hydrogen) atoms. The van der Waals surface area contributed by atoms with Gasteiger partial charge in [-0.25, -0.2) is 4.79 Å². The minimum absolute atomic E-state index is 0.0741. The first-order chi connectivity index (χ1) is 6.04. The molecule has 0 aromatic carbocycles. The van der Waals surface area contributed by atoms with Gasteiger partial charge >= 0.3 is 5.97 Å². The van der Waals surface area contributed by atoms with Crippen LogP contribution in [0.3, 0.4) is 0 Å². The minimum Gasteiger partial charge on any atom is -0.479 e. The van der Waals surface area contributed by atoms with E-state index in [0.29, 0.717) is 12.0 Å². The van der Waals surface area contributed by atoms with E-state index in [0.717, 1.165) is 0 Å². The van der Waals surface area contributed by atoms with Crippen LogP contribution in [0.1, 0.15) is 17.7 Å². The summed E-state index contributed by atoms with van der Waals surface area (Å²) in [4.78, 5) is 10.7. The van der Waals surface area contributed by atoms with Crippen molar-refractivity contribution in [2.45, 2.75) is 18.4 Å². The van der Waals surface area contributed by atoms with E-state index in [2.05, 4.69) is 0 Å².